The summed E-state index contributed by atoms with van der Waals surface area (Å²) in [5.74, 6) is -0.681. The molecule has 0 aromatic heterocycles. The normalized spacial score (nSPS) is 13.4. The zero-order chi connectivity index (χ0) is 16.8. The summed E-state index contributed by atoms with van der Waals surface area (Å²) < 4.78 is 13.6. The van der Waals surface area contributed by atoms with E-state index in [1.54, 1.807) is 25.1 Å². The number of amides is 1. The van der Waals surface area contributed by atoms with Crippen molar-refractivity contribution in [3.05, 3.63) is 65.5 Å². The van der Waals surface area contributed by atoms with Crippen molar-refractivity contribution in [1.82, 2.24) is 5.32 Å². The van der Waals surface area contributed by atoms with Gasteiger partial charge in [-0.25, -0.2) is 4.39 Å². The van der Waals surface area contributed by atoms with Gasteiger partial charge in [0.2, 0.25) is 5.91 Å². The Morgan fingerprint density at radius 3 is 2.39 bits per heavy atom. The zero-order valence-electron chi connectivity index (χ0n) is 13.8. The van der Waals surface area contributed by atoms with Gasteiger partial charge in [0.1, 0.15) is 5.82 Å². The summed E-state index contributed by atoms with van der Waals surface area (Å²) in [6.45, 7) is 5.90. The molecule has 0 radical (unpaired) electrons. The maximum absolute atomic E-state index is 13.6. The van der Waals surface area contributed by atoms with Gasteiger partial charge in [-0.3, -0.25) is 10.1 Å². The molecule has 0 saturated heterocycles. The summed E-state index contributed by atoms with van der Waals surface area (Å²) in [5, 5.41) is 5.93. The molecule has 2 aromatic carbocycles. The van der Waals surface area contributed by atoms with E-state index in [1.807, 2.05) is 6.92 Å². The molecule has 2 atom stereocenters. The Morgan fingerprint density at radius 2 is 1.78 bits per heavy atom. The van der Waals surface area contributed by atoms with Crippen LogP contribution in [0.25, 0.3) is 0 Å². The summed E-state index contributed by atoms with van der Waals surface area (Å²) in [4.78, 5) is 12.3. The number of benzene rings is 2. The van der Waals surface area contributed by atoms with Crippen molar-refractivity contribution < 1.29 is 9.18 Å². The SMILES string of the molecule is CC[C@@H](N[C@H](C)C(=O)Nc1ccccc1F)c1ccc(C)cc1. The van der Waals surface area contributed by atoms with Crippen LogP contribution in [0.5, 0.6) is 0 Å². The van der Waals surface area contributed by atoms with Gasteiger partial charge in [-0.15, -0.1) is 0 Å². The topological polar surface area (TPSA) is 41.1 Å². The predicted molar refractivity (Wildman–Crippen MR) is 91.8 cm³/mol. The van der Waals surface area contributed by atoms with Crippen LogP contribution >= 0.6 is 0 Å². The van der Waals surface area contributed by atoms with Crippen molar-refractivity contribution in [3.63, 3.8) is 0 Å². The third kappa shape index (κ3) is 4.63. The van der Waals surface area contributed by atoms with Crippen molar-refractivity contribution in [3.8, 4) is 0 Å². The average molecular weight is 314 g/mol. The first-order chi connectivity index (χ1) is 11.0. The number of hydrogen-bond donors (Lipinski definition) is 2. The lowest BCUT2D eigenvalue weighted by Gasteiger charge is -2.22. The molecular formula is C19H23FN2O. The van der Waals surface area contributed by atoms with Crippen molar-refractivity contribution in [2.75, 3.05) is 5.32 Å². The maximum atomic E-state index is 13.6. The molecular weight excluding hydrogens is 291 g/mol. The van der Waals surface area contributed by atoms with Gasteiger partial charge in [0, 0.05) is 6.04 Å². The molecule has 0 fully saturated rings. The monoisotopic (exact) mass is 314 g/mol. The molecule has 0 heterocycles. The second-order valence-corrected chi connectivity index (χ2v) is 5.73. The van der Waals surface area contributed by atoms with E-state index in [0.717, 1.165) is 12.0 Å². The summed E-state index contributed by atoms with van der Waals surface area (Å²) >= 11 is 0. The van der Waals surface area contributed by atoms with Crippen LogP contribution in [0.2, 0.25) is 0 Å². The molecule has 0 saturated carbocycles. The Hall–Kier alpha value is -2.20. The number of anilines is 1. The van der Waals surface area contributed by atoms with E-state index in [0.29, 0.717) is 0 Å². The first kappa shape index (κ1) is 17.2. The Balaban J connectivity index is 2.01. The number of aryl methyl sites for hydroxylation is 1. The lowest BCUT2D eigenvalue weighted by atomic mass is 10.0. The lowest BCUT2D eigenvalue weighted by Crippen LogP contribution is -2.40. The highest BCUT2D eigenvalue weighted by Crippen LogP contribution is 2.18. The number of halogens is 1. The van der Waals surface area contributed by atoms with Crippen molar-refractivity contribution in [1.29, 1.82) is 0 Å². The molecule has 0 bridgehead atoms. The van der Waals surface area contributed by atoms with Crippen LogP contribution in [0.15, 0.2) is 48.5 Å². The summed E-state index contributed by atoms with van der Waals surface area (Å²) in [5.41, 5.74) is 2.55. The smallest absolute Gasteiger partial charge is 0.241 e. The van der Waals surface area contributed by atoms with Crippen LogP contribution in [0.4, 0.5) is 10.1 Å². The zero-order valence-corrected chi connectivity index (χ0v) is 13.8. The summed E-state index contributed by atoms with van der Waals surface area (Å²) in [6, 6.07) is 14.1. The standard InChI is InChI=1S/C19H23FN2O/c1-4-17(15-11-9-13(2)10-12-15)21-14(3)19(23)22-18-8-6-5-7-16(18)20/h5-12,14,17,21H,4H2,1-3H3,(H,22,23)/t14-,17-/m1/s1. The van der Waals surface area contributed by atoms with E-state index in [2.05, 4.69) is 41.8 Å². The van der Waals surface area contributed by atoms with E-state index < -0.39 is 11.9 Å². The minimum atomic E-state index is -0.432. The lowest BCUT2D eigenvalue weighted by molar-refractivity contribution is -0.118. The Kier molecular flexibility index (Phi) is 5.88. The van der Waals surface area contributed by atoms with E-state index >= 15 is 0 Å². The van der Waals surface area contributed by atoms with Crippen LogP contribution in [-0.2, 0) is 4.79 Å². The van der Waals surface area contributed by atoms with Crippen LogP contribution < -0.4 is 10.6 Å². The first-order valence-corrected chi connectivity index (χ1v) is 7.89. The van der Waals surface area contributed by atoms with Gasteiger partial charge < -0.3 is 5.32 Å². The molecule has 0 spiro atoms. The quantitative estimate of drug-likeness (QED) is 0.839. The van der Waals surface area contributed by atoms with Crippen LogP contribution in [0.3, 0.4) is 0 Å². The molecule has 0 aliphatic carbocycles. The Labute approximate surface area is 136 Å². The molecule has 4 heteroatoms. The fourth-order valence-electron chi connectivity index (χ4n) is 2.43. The van der Waals surface area contributed by atoms with Crippen molar-refractivity contribution in [2.45, 2.75) is 39.3 Å². The van der Waals surface area contributed by atoms with E-state index in [-0.39, 0.29) is 17.6 Å². The second-order valence-electron chi connectivity index (χ2n) is 5.73. The Bertz CT molecular complexity index is 655. The highest BCUT2D eigenvalue weighted by Gasteiger charge is 2.19. The largest absolute Gasteiger partial charge is 0.322 e. The van der Waals surface area contributed by atoms with Gasteiger partial charge in [0.15, 0.2) is 0 Å². The molecule has 23 heavy (non-hydrogen) atoms. The highest BCUT2D eigenvalue weighted by atomic mass is 19.1. The molecule has 2 N–H and O–H groups in total. The minimum absolute atomic E-state index is 0.0805. The number of nitrogens with one attached hydrogen (secondary N) is 2. The predicted octanol–water partition coefficient (Wildman–Crippen LogP) is 4.20. The van der Waals surface area contributed by atoms with Crippen molar-refractivity contribution >= 4 is 11.6 Å². The van der Waals surface area contributed by atoms with Gasteiger partial charge in [0.25, 0.3) is 0 Å². The molecule has 2 aromatic rings. The summed E-state index contributed by atoms with van der Waals surface area (Å²) in [6.07, 6.45) is 0.861. The molecule has 2 rings (SSSR count). The third-order valence-corrected chi connectivity index (χ3v) is 3.86. The van der Waals surface area contributed by atoms with E-state index in [4.69, 9.17) is 0 Å². The number of rotatable bonds is 6. The highest BCUT2D eigenvalue weighted by molar-refractivity contribution is 5.94. The fourth-order valence-corrected chi connectivity index (χ4v) is 2.43. The molecule has 122 valence electrons. The van der Waals surface area contributed by atoms with Crippen molar-refractivity contribution in [2.24, 2.45) is 0 Å². The molecule has 1 amide bonds. The average Bonchev–Trinajstić information content (AvgIpc) is 2.55. The van der Waals surface area contributed by atoms with Gasteiger partial charge in [-0.1, -0.05) is 48.9 Å². The van der Waals surface area contributed by atoms with Gasteiger partial charge in [-0.05, 0) is 38.0 Å². The van der Waals surface area contributed by atoms with Gasteiger partial charge in [0.05, 0.1) is 11.7 Å². The van der Waals surface area contributed by atoms with E-state index in [9.17, 15) is 9.18 Å². The minimum Gasteiger partial charge on any atom is -0.322 e. The number of carbonyl (C=O) groups excluding carboxylic acids is 1. The molecule has 3 nitrogen and oxygen atoms in total. The first-order valence-electron chi connectivity index (χ1n) is 7.89. The number of carbonyl (C=O) groups is 1. The summed E-state index contributed by atoms with van der Waals surface area (Å²) in [7, 11) is 0. The number of para-hydroxylation sites is 1. The molecule has 0 aliphatic rings. The second kappa shape index (κ2) is 7.88. The maximum Gasteiger partial charge on any atom is 0.241 e. The third-order valence-electron chi connectivity index (χ3n) is 3.86. The Morgan fingerprint density at radius 1 is 1.13 bits per heavy atom. The molecule has 0 aliphatic heterocycles. The van der Waals surface area contributed by atoms with E-state index in [1.165, 1.54) is 11.6 Å². The van der Waals surface area contributed by atoms with Crippen LogP contribution in [0, 0.1) is 12.7 Å². The van der Waals surface area contributed by atoms with Crippen LogP contribution in [-0.4, -0.2) is 11.9 Å². The van der Waals surface area contributed by atoms with Crippen LogP contribution in [0.1, 0.15) is 37.4 Å². The van der Waals surface area contributed by atoms with Gasteiger partial charge in [-0.2, -0.15) is 0 Å². The van der Waals surface area contributed by atoms with Gasteiger partial charge >= 0.3 is 0 Å². The number of hydrogen-bond acceptors (Lipinski definition) is 2. The fraction of sp³-hybridized carbons (Fsp3) is 0.316. The molecule has 0 unspecified atom stereocenters.